The molecule has 1 amide bonds. The minimum Gasteiger partial charge on any atom is -0.341 e. The number of carbonyl (C=O) groups excluding carboxylic acids is 2. The lowest BCUT2D eigenvalue weighted by Crippen LogP contribution is -2.32. The van der Waals surface area contributed by atoms with E-state index >= 15 is 0 Å². The van der Waals surface area contributed by atoms with Crippen molar-refractivity contribution in [2.75, 3.05) is 13.1 Å². The van der Waals surface area contributed by atoms with Crippen LogP contribution >= 0.6 is 12.4 Å². The van der Waals surface area contributed by atoms with Crippen LogP contribution in [0.2, 0.25) is 0 Å². The Bertz CT molecular complexity index is 436. The molecule has 0 spiro atoms. The van der Waals surface area contributed by atoms with E-state index in [4.69, 9.17) is 5.73 Å². The molecular formula is C14H19ClN2O2. The molecule has 104 valence electrons. The zero-order valence-corrected chi connectivity index (χ0v) is 11.6. The van der Waals surface area contributed by atoms with Crippen molar-refractivity contribution in [1.82, 2.24) is 4.90 Å². The number of nitrogens with zero attached hydrogens (tertiary/aromatic N) is 1. The summed E-state index contributed by atoms with van der Waals surface area (Å²) in [5.74, 6) is 0.0553. The van der Waals surface area contributed by atoms with Crippen molar-refractivity contribution in [2.24, 2.45) is 5.73 Å². The Hall–Kier alpha value is -1.39. The van der Waals surface area contributed by atoms with E-state index in [2.05, 4.69) is 0 Å². The second kappa shape index (κ2) is 7.26. The summed E-state index contributed by atoms with van der Waals surface area (Å²) >= 11 is 0. The number of amides is 1. The van der Waals surface area contributed by atoms with Crippen molar-refractivity contribution in [2.45, 2.75) is 25.3 Å². The molecule has 1 aromatic carbocycles. The molecule has 1 fully saturated rings. The van der Waals surface area contributed by atoms with E-state index in [1.54, 1.807) is 17.0 Å². The number of rotatable bonds is 4. The van der Waals surface area contributed by atoms with E-state index in [0.717, 1.165) is 13.0 Å². The molecule has 0 radical (unpaired) electrons. The highest BCUT2D eigenvalue weighted by Gasteiger charge is 2.23. The van der Waals surface area contributed by atoms with E-state index in [0.29, 0.717) is 12.1 Å². The molecule has 0 bridgehead atoms. The number of nitrogens with two attached hydrogens (primary N) is 1. The number of halogens is 1. The highest BCUT2D eigenvalue weighted by molar-refractivity contribution is 5.97. The predicted octanol–water partition coefficient (Wildman–Crippen LogP) is 1.63. The predicted molar refractivity (Wildman–Crippen MR) is 76.4 cm³/mol. The van der Waals surface area contributed by atoms with Gasteiger partial charge in [0.05, 0.1) is 0 Å². The van der Waals surface area contributed by atoms with E-state index < -0.39 is 0 Å². The summed E-state index contributed by atoms with van der Waals surface area (Å²) in [6.07, 6.45) is 1.41. The number of ketones is 1. The fourth-order valence-electron chi connectivity index (χ4n) is 2.16. The van der Waals surface area contributed by atoms with Gasteiger partial charge in [0, 0.05) is 37.5 Å². The van der Waals surface area contributed by atoms with Gasteiger partial charge in [0.15, 0.2) is 5.78 Å². The minimum absolute atomic E-state index is 0. The molecule has 2 N–H and O–H groups in total. The first-order valence-corrected chi connectivity index (χ1v) is 6.28. The summed E-state index contributed by atoms with van der Waals surface area (Å²) in [7, 11) is 0. The van der Waals surface area contributed by atoms with Crippen LogP contribution in [0.25, 0.3) is 0 Å². The van der Waals surface area contributed by atoms with Crippen LogP contribution in [0.1, 0.15) is 29.6 Å². The van der Waals surface area contributed by atoms with Crippen LogP contribution in [0.4, 0.5) is 0 Å². The Balaban J connectivity index is 0.00000180. The molecule has 1 aliphatic heterocycles. The third kappa shape index (κ3) is 4.33. The molecule has 0 aromatic heterocycles. The quantitative estimate of drug-likeness (QED) is 0.854. The van der Waals surface area contributed by atoms with Gasteiger partial charge in [-0.15, -0.1) is 12.4 Å². The second-order valence-corrected chi connectivity index (χ2v) is 4.68. The second-order valence-electron chi connectivity index (χ2n) is 4.68. The molecule has 1 aliphatic rings. The van der Waals surface area contributed by atoms with Gasteiger partial charge in [0.2, 0.25) is 5.91 Å². The van der Waals surface area contributed by atoms with Crippen molar-refractivity contribution in [3.63, 3.8) is 0 Å². The zero-order chi connectivity index (χ0) is 13.0. The molecular weight excluding hydrogens is 264 g/mol. The molecule has 0 unspecified atom stereocenters. The third-order valence-corrected chi connectivity index (χ3v) is 3.24. The van der Waals surface area contributed by atoms with E-state index in [1.807, 2.05) is 18.2 Å². The van der Waals surface area contributed by atoms with E-state index in [-0.39, 0.29) is 43.0 Å². The van der Waals surface area contributed by atoms with E-state index in [1.165, 1.54) is 0 Å². The van der Waals surface area contributed by atoms with Gasteiger partial charge in [-0.25, -0.2) is 0 Å². The number of Topliss-reactive ketones (excluding diaryl/α,β-unsaturated/α-hetero) is 1. The first-order valence-electron chi connectivity index (χ1n) is 6.28. The number of hydrogen-bond acceptors (Lipinski definition) is 3. The van der Waals surface area contributed by atoms with Gasteiger partial charge in [-0.05, 0) is 6.42 Å². The summed E-state index contributed by atoms with van der Waals surface area (Å²) in [5.41, 5.74) is 6.42. The fourth-order valence-corrected chi connectivity index (χ4v) is 2.16. The average Bonchev–Trinajstić information content (AvgIpc) is 2.83. The molecule has 2 rings (SSSR count). The summed E-state index contributed by atoms with van der Waals surface area (Å²) < 4.78 is 0. The smallest absolute Gasteiger partial charge is 0.223 e. The number of hydrogen-bond donors (Lipinski definition) is 1. The normalized spacial score (nSPS) is 17.9. The maximum absolute atomic E-state index is 11.8. The summed E-state index contributed by atoms with van der Waals surface area (Å²) in [6.45, 7) is 1.35. The Morgan fingerprint density at radius 3 is 2.47 bits per heavy atom. The van der Waals surface area contributed by atoms with Crippen LogP contribution < -0.4 is 5.73 Å². The number of benzene rings is 1. The lowest BCUT2D eigenvalue weighted by molar-refractivity contribution is -0.130. The molecule has 19 heavy (non-hydrogen) atoms. The summed E-state index contributed by atoms with van der Waals surface area (Å²) in [4.78, 5) is 25.4. The van der Waals surface area contributed by atoms with Gasteiger partial charge >= 0.3 is 0 Å². The van der Waals surface area contributed by atoms with Crippen molar-refractivity contribution in [1.29, 1.82) is 0 Å². The molecule has 5 heteroatoms. The Labute approximate surface area is 119 Å². The van der Waals surface area contributed by atoms with Crippen molar-refractivity contribution in [3.8, 4) is 0 Å². The standard InChI is InChI=1S/C14H18N2O2.ClH/c15-12-8-9-16(10-12)14(18)7-6-13(17)11-4-2-1-3-5-11;/h1-5,12H,6-10,15H2;1H/t12-;/m1./s1. The zero-order valence-electron chi connectivity index (χ0n) is 10.7. The Morgan fingerprint density at radius 2 is 1.89 bits per heavy atom. The highest BCUT2D eigenvalue weighted by Crippen LogP contribution is 2.11. The summed E-state index contributed by atoms with van der Waals surface area (Å²) in [6, 6.07) is 9.17. The Morgan fingerprint density at radius 1 is 1.21 bits per heavy atom. The third-order valence-electron chi connectivity index (χ3n) is 3.24. The molecule has 0 aliphatic carbocycles. The van der Waals surface area contributed by atoms with Crippen LogP contribution in [0.5, 0.6) is 0 Å². The van der Waals surface area contributed by atoms with Gasteiger partial charge in [-0.2, -0.15) is 0 Å². The van der Waals surface area contributed by atoms with Crippen molar-refractivity contribution in [3.05, 3.63) is 35.9 Å². The lowest BCUT2D eigenvalue weighted by Gasteiger charge is -2.15. The minimum atomic E-state index is 0. The maximum Gasteiger partial charge on any atom is 0.223 e. The van der Waals surface area contributed by atoms with Gasteiger partial charge in [0.1, 0.15) is 0 Å². The van der Waals surface area contributed by atoms with Crippen LogP contribution in [0, 0.1) is 0 Å². The molecule has 4 nitrogen and oxygen atoms in total. The number of likely N-dealkylation sites (tertiary alicyclic amines) is 1. The largest absolute Gasteiger partial charge is 0.341 e. The fraction of sp³-hybridized carbons (Fsp3) is 0.429. The highest BCUT2D eigenvalue weighted by atomic mass is 35.5. The van der Waals surface area contributed by atoms with Crippen LogP contribution in [0.15, 0.2) is 30.3 Å². The summed E-state index contributed by atoms with van der Waals surface area (Å²) in [5, 5.41) is 0. The van der Waals surface area contributed by atoms with Crippen molar-refractivity contribution >= 4 is 24.1 Å². The molecule has 1 heterocycles. The van der Waals surface area contributed by atoms with Gasteiger partial charge in [-0.3, -0.25) is 9.59 Å². The molecule has 1 aromatic rings. The van der Waals surface area contributed by atoms with Crippen LogP contribution in [-0.2, 0) is 4.79 Å². The van der Waals surface area contributed by atoms with Gasteiger partial charge in [0.25, 0.3) is 0 Å². The molecule has 1 atom stereocenters. The lowest BCUT2D eigenvalue weighted by atomic mass is 10.1. The number of carbonyl (C=O) groups is 2. The van der Waals surface area contributed by atoms with Crippen LogP contribution in [-0.4, -0.2) is 35.7 Å². The first-order chi connectivity index (χ1) is 8.66. The maximum atomic E-state index is 11.8. The SMILES string of the molecule is Cl.N[C@@H]1CCN(C(=O)CCC(=O)c2ccccc2)C1. The molecule has 1 saturated heterocycles. The van der Waals surface area contributed by atoms with E-state index in [9.17, 15) is 9.59 Å². The van der Waals surface area contributed by atoms with Crippen LogP contribution in [0.3, 0.4) is 0 Å². The van der Waals surface area contributed by atoms with Crippen molar-refractivity contribution < 1.29 is 9.59 Å². The topological polar surface area (TPSA) is 63.4 Å². The van der Waals surface area contributed by atoms with Gasteiger partial charge in [-0.1, -0.05) is 30.3 Å². The molecule has 0 saturated carbocycles. The average molecular weight is 283 g/mol. The van der Waals surface area contributed by atoms with Gasteiger partial charge < -0.3 is 10.6 Å². The first kappa shape index (κ1) is 15.7. The monoisotopic (exact) mass is 282 g/mol. The Kier molecular flexibility index (Phi) is 5.99.